The maximum Gasteiger partial charge on any atom is 0.0443 e. The van der Waals surface area contributed by atoms with Crippen LogP contribution in [-0.2, 0) is 0 Å². The van der Waals surface area contributed by atoms with Crippen molar-refractivity contribution < 1.29 is 5.11 Å². The lowest BCUT2D eigenvalue weighted by Gasteiger charge is -2.22. The number of hydrogen-bond acceptors (Lipinski definition) is 6. The molecule has 0 saturated heterocycles. The fourth-order valence-electron chi connectivity index (χ4n) is 5.37. The Morgan fingerprint density at radius 2 is 0.610 bits per heavy atom. The molecule has 0 aromatic heterocycles. The monoisotopic (exact) mass is 651 g/mol. The SMILES string of the molecule is OCCCN(CCCCCCCCCSCCCCCCCS)CCCCCCCCCSCCCCCCCS. The van der Waals surface area contributed by atoms with Crippen molar-refractivity contribution in [2.45, 2.75) is 161 Å². The molecule has 0 aliphatic heterocycles. The van der Waals surface area contributed by atoms with Gasteiger partial charge in [0.25, 0.3) is 0 Å². The molecule has 0 fully saturated rings. The molecule has 0 unspecified atom stereocenters. The minimum absolute atomic E-state index is 0.333. The summed E-state index contributed by atoms with van der Waals surface area (Å²) in [6, 6.07) is 0. The second kappa shape index (κ2) is 39.3. The lowest BCUT2D eigenvalue weighted by atomic mass is 10.1. The van der Waals surface area contributed by atoms with Gasteiger partial charge in [0.1, 0.15) is 0 Å². The van der Waals surface area contributed by atoms with Gasteiger partial charge in [0, 0.05) is 13.2 Å². The van der Waals surface area contributed by atoms with Gasteiger partial charge in [0.2, 0.25) is 0 Å². The summed E-state index contributed by atoms with van der Waals surface area (Å²) in [6.45, 7) is 3.88. The second-order valence-electron chi connectivity index (χ2n) is 12.1. The Kier molecular flexibility index (Phi) is 40.6. The van der Waals surface area contributed by atoms with Gasteiger partial charge in [-0.3, -0.25) is 0 Å². The first-order valence-electron chi connectivity index (χ1n) is 18.1. The summed E-state index contributed by atoms with van der Waals surface area (Å²) in [6.07, 6.45) is 34.3. The molecule has 0 aromatic carbocycles. The molecular formula is C35H73NOS4. The Balaban J connectivity index is 3.44. The van der Waals surface area contributed by atoms with Crippen LogP contribution in [0.3, 0.4) is 0 Å². The molecule has 6 heteroatoms. The molecule has 0 spiro atoms. The largest absolute Gasteiger partial charge is 0.396 e. The van der Waals surface area contributed by atoms with Gasteiger partial charge in [-0.2, -0.15) is 48.8 Å². The fourth-order valence-corrected chi connectivity index (χ4v) is 7.86. The van der Waals surface area contributed by atoms with Crippen LogP contribution in [0.15, 0.2) is 0 Å². The summed E-state index contributed by atoms with van der Waals surface area (Å²) >= 11 is 12.9. The van der Waals surface area contributed by atoms with E-state index in [4.69, 9.17) is 0 Å². The standard InChI is InChI=1S/C35H73NOS4/c37-29-25-28-36(26-17-9-3-1-5-13-21-32-40-34-23-15-7-11-19-30-38)27-18-10-4-2-6-14-22-33-41-35-24-16-8-12-20-31-39/h37-39H,1-35H2. The van der Waals surface area contributed by atoms with E-state index in [0.717, 1.165) is 24.5 Å². The van der Waals surface area contributed by atoms with Crippen LogP contribution in [0.2, 0.25) is 0 Å². The van der Waals surface area contributed by atoms with Crippen LogP contribution >= 0.6 is 48.8 Å². The summed E-state index contributed by atoms with van der Waals surface area (Å²) in [7, 11) is 0. The Hall–Kier alpha value is 1.32. The van der Waals surface area contributed by atoms with Gasteiger partial charge in [0.05, 0.1) is 0 Å². The molecule has 41 heavy (non-hydrogen) atoms. The van der Waals surface area contributed by atoms with Gasteiger partial charge in [-0.15, -0.1) is 0 Å². The van der Waals surface area contributed by atoms with Gasteiger partial charge in [-0.1, -0.05) is 103 Å². The molecule has 248 valence electrons. The summed E-state index contributed by atoms with van der Waals surface area (Å²) < 4.78 is 0. The maximum absolute atomic E-state index is 9.31. The van der Waals surface area contributed by atoms with E-state index in [-0.39, 0.29) is 0 Å². The smallest absolute Gasteiger partial charge is 0.0443 e. The molecule has 0 rings (SSSR count). The predicted octanol–water partition coefficient (Wildman–Crippen LogP) is 11.4. The van der Waals surface area contributed by atoms with Gasteiger partial charge in [-0.25, -0.2) is 0 Å². The molecule has 0 radical (unpaired) electrons. The van der Waals surface area contributed by atoms with Crippen molar-refractivity contribution in [2.75, 3.05) is 60.8 Å². The highest BCUT2D eigenvalue weighted by Crippen LogP contribution is 2.15. The Labute approximate surface area is 278 Å². The number of aliphatic hydroxyl groups is 1. The first-order chi connectivity index (χ1) is 20.3. The molecule has 0 saturated carbocycles. The number of unbranched alkanes of at least 4 members (excludes halogenated alkanes) is 20. The van der Waals surface area contributed by atoms with Gasteiger partial charge < -0.3 is 10.0 Å². The van der Waals surface area contributed by atoms with Crippen LogP contribution in [0.5, 0.6) is 0 Å². The minimum Gasteiger partial charge on any atom is -0.396 e. The molecule has 0 atom stereocenters. The third-order valence-electron chi connectivity index (χ3n) is 8.05. The predicted molar refractivity (Wildman–Crippen MR) is 201 cm³/mol. The second-order valence-corrected chi connectivity index (χ2v) is 15.4. The topological polar surface area (TPSA) is 23.5 Å². The van der Waals surface area contributed by atoms with Gasteiger partial charge in [0.15, 0.2) is 0 Å². The van der Waals surface area contributed by atoms with Crippen LogP contribution in [0.4, 0.5) is 0 Å². The first kappa shape index (κ1) is 42.3. The zero-order chi connectivity index (χ0) is 29.7. The summed E-state index contributed by atoms with van der Waals surface area (Å²) in [5, 5.41) is 9.31. The highest BCUT2D eigenvalue weighted by atomic mass is 32.2. The molecule has 0 aliphatic rings. The highest BCUT2D eigenvalue weighted by Gasteiger charge is 2.05. The number of thioether (sulfide) groups is 2. The average molecular weight is 652 g/mol. The van der Waals surface area contributed by atoms with Crippen molar-refractivity contribution in [2.24, 2.45) is 0 Å². The molecular weight excluding hydrogens is 579 g/mol. The van der Waals surface area contributed by atoms with E-state index < -0.39 is 0 Å². The summed E-state index contributed by atoms with van der Waals surface area (Å²) in [4.78, 5) is 2.63. The van der Waals surface area contributed by atoms with E-state index >= 15 is 0 Å². The van der Waals surface area contributed by atoms with E-state index in [1.165, 1.54) is 190 Å². The normalized spacial score (nSPS) is 11.7. The third kappa shape index (κ3) is 37.4. The van der Waals surface area contributed by atoms with E-state index in [9.17, 15) is 5.11 Å². The first-order valence-corrected chi connectivity index (χ1v) is 21.6. The number of thiol groups is 2. The number of hydrogen-bond donors (Lipinski definition) is 3. The summed E-state index contributed by atoms with van der Waals surface area (Å²) in [5.41, 5.74) is 0. The van der Waals surface area contributed by atoms with Crippen molar-refractivity contribution >= 4 is 48.8 Å². The number of aliphatic hydroxyl groups excluding tert-OH is 1. The van der Waals surface area contributed by atoms with Gasteiger partial charge in [-0.05, 0) is 105 Å². The van der Waals surface area contributed by atoms with E-state index in [1.54, 1.807) is 0 Å². The molecule has 0 aromatic rings. The molecule has 0 heterocycles. The number of nitrogens with zero attached hydrogens (tertiary/aromatic N) is 1. The lowest BCUT2D eigenvalue weighted by molar-refractivity contribution is 0.217. The highest BCUT2D eigenvalue weighted by molar-refractivity contribution is 7.99. The van der Waals surface area contributed by atoms with Crippen molar-refractivity contribution in [3.8, 4) is 0 Å². The van der Waals surface area contributed by atoms with Crippen LogP contribution in [0.25, 0.3) is 0 Å². The van der Waals surface area contributed by atoms with Crippen LogP contribution in [-0.4, -0.2) is 70.8 Å². The molecule has 0 bridgehead atoms. The van der Waals surface area contributed by atoms with Crippen molar-refractivity contribution in [1.29, 1.82) is 0 Å². The van der Waals surface area contributed by atoms with Crippen molar-refractivity contribution in [3.05, 3.63) is 0 Å². The van der Waals surface area contributed by atoms with E-state index in [0.29, 0.717) is 6.61 Å². The minimum atomic E-state index is 0.333. The Morgan fingerprint density at radius 3 is 0.927 bits per heavy atom. The zero-order valence-electron chi connectivity index (χ0n) is 27.4. The molecule has 1 N–H and O–H groups in total. The zero-order valence-corrected chi connectivity index (χ0v) is 30.8. The van der Waals surface area contributed by atoms with Crippen LogP contribution in [0, 0.1) is 0 Å². The molecule has 0 aliphatic carbocycles. The third-order valence-corrected chi connectivity index (χ3v) is 11.0. The molecule has 0 amide bonds. The fraction of sp³-hybridized carbons (Fsp3) is 1.00. The maximum atomic E-state index is 9.31. The summed E-state index contributed by atoms with van der Waals surface area (Å²) in [5.74, 6) is 7.57. The van der Waals surface area contributed by atoms with Gasteiger partial charge >= 0.3 is 0 Å². The quantitative estimate of drug-likeness (QED) is 0.0459. The Morgan fingerprint density at radius 1 is 0.341 bits per heavy atom. The van der Waals surface area contributed by atoms with Crippen LogP contribution in [0.1, 0.15) is 161 Å². The van der Waals surface area contributed by atoms with Crippen molar-refractivity contribution in [1.82, 2.24) is 4.90 Å². The lowest BCUT2D eigenvalue weighted by Crippen LogP contribution is -2.27. The van der Waals surface area contributed by atoms with E-state index in [1.807, 2.05) is 0 Å². The number of rotatable bonds is 37. The Bertz CT molecular complexity index is 422. The molecule has 2 nitrogen and oxygen atoms in total. The average Bonchev–Trinajstić information content (AvgIpc) is 2.98. The van der Waals surface area contributed by atoms with Crippen molar-refractivity contribution in [3.63, 3.8) is 0 Å². The van der Waals surface area contributed by atoms with E-state index in [2.05, 4.69) is 53.7 Å². The van der Waals surface area contributed by atoms with Crippen LogP contribution < -0.4 is 0 Å².